The van der Waals surface area contributed by atoms with Crippen molar-refractivity contribution in [3.8, 4) is 0 Å². The maximum Gasteiger partial charge on any atom is 0.146 e. The van der Waals surface area contributed by atoms with Gasteiger partial charge in [-0.15, -0.1) is 0 Å². The topological polar surface area (TPSA) is 86.5 Å². The highest BCUT2D eigenvalue weighted by atomic mass is 15.1. The van der Waals surface area contributed by atoms with E-state index in [0.29, 0.717) is 0 Å². The smallest absolute Gasteiger partial charge is 0.146 e. The lowest BCUT2D eigenvalue weighted by molar-refractivity contribution is 1.32. The molecule has 0 unspecified atom stereocenters. The van der Waals surface area contributed by atoms with Crippen LogP contribution < -0.4 is 0 Å². The summed E-state index contributed by atoms with van der Waals surface area (Å²) in [7, 11) is 0. The Bertz CT molecular complexity index is 11500. The predicted octanol–water partition coefficient (Wildman–Crippen LogP) is 35.5. The van der Waals surface area contributed by atoms with Crippen molar-refractivity contribution in [2.24, 2.45) is 0 Å². The average Bonchev–Trinajstić information content (AvgIpc) is 1.63. The van der Waals surface area contributed by atoms with E-state index in [1.807, 2.05) is 0 Å². The third kappa shape index (κ3) is 12.1. The summed E-state index contributed by atoms with van der Waals surface area (Å²) in [5, 5.41) is 44.0. The molecule has 10 nitrogen and oxygen atoms in total. The first-order valence-electron chi connectivity index (χ1n) is 49.6. The van der Waals surface area contributed by atoms with Crippen molar-refractivity contribution in [1.82, 2.24) is 46.9 Å². The lowest BCUT2D eigenvalue weighted by Gasteiger charge is -2.14. The summed E-state index contributed by atoms with van der Waals surface area (Å²) in [6.07, 6.45) is 0. The van der Waals surface area contributed by atoms with Crippen molar-refractivity contribution in [3.63, 3.8) is 0 Å². The van der Waals surface area contributed by atoms with E-state index >= 15 is 0 Å². The molecule has 0 aliphatic rings. The second kappa shape index (κ2) is 31.5. The van der Waals surface area contributed by atoms with Gasteiger partial charge < -0.3 is 0 Å². The minimum absolute atomic E-state index is 1.02. The summed E-state index contributed by atoms with van der Waals surface area (Å²) in [6.45, 7) is 0. The molecule has 0 aliphatic heterocycles. The fourth-order valence-corrected chi connectivity index (χ4v) is 24.2. The molecule has 0 amide bonds. The molecule has 670 valence electrons. The van der Waals surface area contributed by atoms with Crippen LogP contribution in [0.3, 0.4) is 0 Å². The van der Waals surface area contributed by atoms with Crippen LogP contribution >= 0.6 is 0 Å². The Morgan fingerprint density at radius 3 is 0.759 bits per heavy atom. The van der Waals surface area contributed by atoms with Crippen molar-refractivity contribution in [2.75, 3.05) is 0 Å². The predicted molar refractivity (Wildman–Crippen MR) is 614 cm³/mol. The van der Waals surface area contributed by atoms with Crippen LogP contribution in [0.5, 0.6) is 0 Å². The first kappa shape index (κ1) is 80.4. The Balaban J connectivity index is 0.0000000825. The fourth-order valence-electron chi connectivity index (χ4n) is 24.2. The summed E-state index contributed by atoms with van der Waals surface area (Å²) in [4.78, 5) is 25.3. The first-order valence-corrected chi connectivity index (χ1v) is 49.6. The van der Waals surface area contributed by atoms with Crippen molar-refractivity contribution in [2.45, 2.75) is 0 Å². The van der Waals surface area contributed by atoms with Crippen LogP contribution in [0.15, 0.2) is 485 Å². The van der Waals surface area contributed by atoms with Gasteiger partial charge in [-0.3, -0.25) is 22.0 Å². The summed E-state index contributed by atoms with van der Waals surface area (Å²) < 4.78 is 11.7. The number of benzene rings is 25. The number of hydrogen-bond acceptors (Lipinski definition) is 5. The number of rotatable bonds is 0. The van der Waals surface area contributed by atoms with Gasteiger partial charge in [0.1, 0.15) is 28.2 Å². The molecule has 10 heterocycles. The van der Waals surface area contributed by atoms with Crippen LogP contribution in [0, 0.1) is 0 Å². The number of imidazole rings is 5. The van der Waals surface area contributed by atoms with E-state index in [4.69, 9.17) is 24.9 Å². The van der Waals surface area contributed by atoms with Gasteiger partial charge in [0.2, 0.25) is 0 Å². The molecule has 0 bridgehead atoms. The fraction of sp³-hybridized carbons (Fsp3) is 0. The van der Waals surface area contributed by atoms with E-state index in [1.54, 1.807) is 0 Å². The number of hydrogen-bond donors (Lipinski definition) is 0. The summed E-state index contributed by atoms with van der Waals surface area (Å²) >= 11 is 0. The Morgan fingerprint density at radius 2 is 0.345 bits per heavy atom. The van der Waals surface area contributed by atoms with E-state index in [9.17, 15) is 0 Å². The van der Waals surface area contributed by atoms with Gasteiger partial charge in [0.05, 0.1) is 82.8 Å². The zero-order valence-electron chi connectivity index (χ0n) is 78.2. The second-order valence-corrected chi connectivity index (χ2v) is 38.4. The van der Waals surface area contributed by atoms with Crippen LogP contribution in [0.1, 0.15) is 0 Å². The van der Waals surface area contributed by atoms with Crippen molar-refractivity contribution < 1.29 is 0 Å². The van der Waals surface area contributed by atoms with Gasteiger partial charge in [-0.05, 0) is 235 Å². The third-order valence-corrected chi connectivity index (χ3v) is 30.6. The second-order valence-electron chi connectivity index (χ2n) is 38.4. The zero-order valence-corrected chi connectivity index (χ0v) is 78.2. The molecule has 0 spiro atoms. The van der Waals surface area contributed by atoms with E-state index in [0.717, 1.165) is 83.4 Å². The molecule has 0 saturated heterocycles. The first-order chi connectivity index (χ1) is 71.9. The van der Waals surface area contributed by atoms with Gasteiger partial charge in [-0.2, -0.15) is 0 Å². The number of pyridine rings is 5. The van der Waals surface area contributed by atoms with E-state index < -0.39 is 0 Å². The van der Waals surface area contributed by atoms with Crippen LogP contribution in [-0.4, -0.2) is 46.9 Å². The molecule has 0 aliphatic carbocycles. The Morgan fingerprint density at radius 1 is 0.110 bits per heavy atom. The third-order valence-electron chi connectivity index (χ3n) is 30.6. The van der Waals surface area contributed by atoms with Gasteiger partial charge in [-0.1, -0.05) is 358 Å². The quantitative estimate of drug-likeness (QED) is 0.112. The Labute approximate surface area is 825 Å². The SMILES string of the molecule is c1ccc2c(c1)ccc1c2c2c3ccccc3ccc2n2c3ccccc3nc12.c1ccc2c(c1)ccc1c2c2ccc3ccccc3c2n2c3ccccc3nc12.c1ccc2cc3c(cc2c1)c1c2ccccc2ccc1c1nc2ccccc2n31.c1ccc2cc3c(cc2c1)c1c2ccccc2ccc1n1c2ccccc2nc31.c1ccc2cc3c(cc2c1)c1ccc2ccccc2c1n1c2ccccc2nc31. The van der Waals surface area contributed by atoms with Gasteiger partial charge >= 0.3 is 0 Å². The van der Waals surface area contributed by atoms with Gasteiger partial charge in [0.15, 0.2) is 0 Å². The molecule has 10 heteroatoms. The summed E-state index contributed by atoms with van der Waals surface area (Å²) in [5.74, 6) is 0. The van der Waals surface area contributed by atoms with E-state index in [-0.39, 0.29) is 0 Å². The highest BCUT2D eigenvalue weighted by molar-refractivity contribution is 6.33. The molecule has 25 aromatic carbocycles. The number of fused-ring (bicyclic) bond motifs is 57. The van der Waals surface area contributed by atoms with Crippen LogP contribution in [-0.2, 0) is 0 Å². The molecule has 0 radical (unpaired) electrons. The molecule has 145 heavy (non-hydrogen) atoms. The van der Waals surface area contributed by atoms with Crippen molar-refractivity contribution in [3.05, 3.63) is 485 Å². The normalized spacial score (nSPS) is 12.1. The van der Waals surface area contributed by atoms with Crippen LogP contribution in [0.2, 0.25) is 0 Å². The largest absolute Gasteiger partial charge is 0.292 e. The average molecular weight is 1840 g/mol. The number of aromatic nitrogens is 10. The molecule has 10 aromatic heterocycles. The highest BCUT2D eigenvalue weighted by Crippen LogP contribution is 2.47. The summed E-state index contributed by atoms with van der Waals surface area (Å²) in [5.41, 5.74) is 22.1. The van der Waals surface area contributed by atoms with Crippen molar-refractivity contribution in [1.29, 1.82) is 0 Å². The molecule has 0 N–H and O–H groups in total. The summed E-state index contributed by atoms with van der Waals surface area (Å²) in [6, 6.07) is 174. The Kier molecular flexibility index (Phi) is 17.5. The van der Waals surface area contributed by atoms with E-state index in [1.165, 1.54) is 216 Å². The van der Waals surface area contributed by atoms with Gasteiger partial charge in [0.25, 0.3) is 0 Å². The van der Waals surface area contributed by atoms with Crippen LogP contribution in [0.25, 0.3) is 300 Å². The number of para-hydroxylation sites is 10. The minimum Gasteiger partial charge on any atom is -0.292 e. The molecular weight excluding hydrogens is 1760 g/mol. The molecule has 0 fully saturated rings. The standard InChI is InChI=1S/5C27H16N2/c1-3-9-19-17(7-1)14-16-22-25(19)21-15-13-18-8-2-4-10-20(18)26(21)29-24-12-6-5-11-23(24)28-27(22)29;1-3-9-19-17(7-1)13-15-21-25(19)26-20-10-4-2-8-18(20)14-16-24(26)29-23-12-6-5-11-22(23)28-27(21)29;1-2-9-19-16-22-21(15-18(19)8-1)26-20-10-4-3-7-17(20)13-14-25(26)29-24-12-6-5-11-23(24)28-27(22)29;1-2-9-19-16-25-22(15-18(19)8-1)26-20-10-4-3-7-17(20)13-14-21(26)27-28-23-11-5-6-12-24(23)29(25)27;1-2-9-19-16-23-22(15-18(19)8-1)21-14-13-17-7-3-4-10-20(17)26(21)29-25-12-6-5-11-24(25)28-27(23)29/h5*1-16H. The molecule has 35 aromatic rings. The molecular formula is C135H80N10. The Hall–Kier alpha value is -19.6. The van der Waals surface area contributed by atoms with Crippen molar-refractivity contribution >= 4 is 300 Å². The van der Waals surface area contributed by atoms with E-state index in [2.05, 4.69) is 507 Å². The maximum absolute atomic E-state index is 5.07. The lowest BCUT2D eigenvalue weighted by Crippen LogP contribution is -1.93. The molecule has 0 saturated carbocycles. The maximum atomic E-state index is 5.07. The number of nitrogens with zero attached hydrogens (tertiary/aromatic N) is 10. The highest BCUT2D eigenvalue weighted by Gasteiger charge is 2.25. The lowest BCUT2D eigenvalue weighted by atomic mass is 9.95. The minimum atomic E-state index is 1.02. The van der Waals surface area contributed by atoms with Gasteiger partial charge in [0, 0.05) is 80.8 Å². The molecule has 35 rings (SSSR count). The molecule has 0 atom stereocenters. The monoisotopic (exact) mass is 1840 g/mol. The zero-order chi connectivity index (χ0) is 94.7. The van der Waals surface area contributed by atoms with Crippen LogP contribution in [0.4, 0.5) is 0 Å². The van der Waals surface area contributed by atoms with Gasteiger partial charge in [-0.25, -0.2) is 24.9 Å².